The lowest BCUT2D eigenvalue weighted by Gasteiger charge is -2.32. The van der Waals surface area contributed by atoms with Gasteiger partial charge in [-0.25, -0.2) is 9.97 Å². The summed E-state index contributed by atoms with van der Waals surface area (Å²) in [6.45, 7) is 5.13. The number of nitrogens with one attached hydrogen (secondary N) is 1. The standard InChI is InChI=1S/C11H16N6/c1-8-6-17(4-3-12-8)11-9-5-15-16(2)10(9)13-7-14-11/h5,7-8,12H,3-4,6H2,1-2H3/t8-/m1/s1. The van der Waals surface area contributed by atoms with Crippen molar-refractivity contribution in [3.05, 3.63) is 12.5 Å². The summed E-state index contributed by atoms with van der Waals surface area (Å²) in [7, 11) is 1.90. The first-order valence-corrected chi connectivity index (χ1v) is 5.87. The molecule has 0 unspecified atom stereocenters. The first-order valence-electron chi connectivity index (χ1n) is 5.87. The van der Waals surface area contributed by atoms with Crippen LogP contribution in [0, 0.1) is 0 Å². The van der Waals surface area contributed by atoms with Crippen molar-refractivity contribution < 1.29 is 0 Å². The molecule has 3 heterocycles. The molecule has 90 valence electrons. The van der Waals surface area contributed by atoms with Crippen LogP contribution in [0.5, 0.6) is 0 Å². The van der Waals surface area contributed by atoms with Crippen LogP contribution in [-0.2, 0) is 7.05 Å². The summed E-state index contributed by atoms with van der Waals surface area (Å²) in [5, 5.41) is 8.70. The number of rotatable bonds is 1. The molecule has 0 bridgehead atoms. The molecule has 0 radical (unpaired) electrons. The highest BCUT2D eigenvalue weighted by molar-refractivity contribution is 5.86. The van der Waals surface area contributed by atoms with Crippen LogP contribution in [0.4, 0.5) is 5.82 Å². The van der Waals surface area contributed by atoms with E-state index in [-0.39, 0.29) is 0 Å². The first-order chi connectivity index (χ1) is 8.25. The van der Waals surface area contributed by atoms with Crippen molar-refractivity contribution >= 4 is 16.9 Å². The molecule has 6 heteroatoms. The highest BCUT2D eigenvalue weighted by Gasteiger charge is 2.19. The predicted molar refractivity (Wildman–Crippen MR) is 66.0 cm³/mol. The topological polar surface area (TPSA) is 58.9 Å². The van der Waals surface area contributed by atoms with Crippen molar-refractivity contribution in [2.24, 2.45) is 7.05 Å². The SMILES string of the molecule is C[C@@H]1CN(c2ncnc3c2cnn3C)CCN1. The van der Waals surface area contributed by atoms with E-state index in [1.54, 1.807) is 11.0 Å². The number of fused-ring (bicyclic) bond motifs is 1. The lowest BCUT2D eigenvalue weighted by atomic mass is 10.2. The summed E-state index contributed by atoms with van der Waals surface area (Å²) in [5.41, 5.74) is 0.890. The third-order valence-corrected chi connectivity index (χ3v) is 3.18. The van der Waals surface area contributed by atoms with Crippen molar-refractivity contribution in [2.75, 3.05) is 24.5 Å². The Morgan fingerprint density at radius 1 is 1.41 bits per heavy atom. The molecule has 0 amide bonds. The largest absolute Gasteiger partial charge is 0.353 e. The van der Waals surface area contributed by atoms with Gasteiger partial charge in [0, 0.05) is 32.7 Å². The van der Waals surface area contributed by atoms with Crippen LogP contribution in [0.25, 0.3) is 11.0 Å². The van der Waals surface area contributed by atoms with E-state index in [1.807, 2.05) is 13.2 Å². The van der Waals surface area contributed by atoms with Crippen LogP contribution >= 0.6 is 0 Å². The summed E-state index contributed by atoms with van der Waals surface area (Å²) in [5.74, 6) is 0.997. The highest BCUT2D eigenvalue weighted by Crippen LogP contribution is 2.22. The van der Waals surface area contributed by atoms with Crippen LogP contribution in [0.2, 0.25) is 0 Å². The Morgan fingerprint density at radius 3 is 3.12 bits per heavy atom. The van der Waals surface area contributed by atoms with E-state index < -0.39 is 0 Å². The number of hydrogen-bond donors (Lipinski definition) is 1. The lowest BCUT2D eigenvalue weighted by Crippen LogP contribution is -2.49. The minimum atomic E-state index is 0.491. The van der Waals surface area contributed by atoms with E-state index in [0.717, 1.165) is 36.5 Å². The fraction of sp³-hybridized carbons (Fsp3) is 0.545. The molecule has 0 saturated carbocycles. The Labute approximate surface area is 99.7 Å². The van der Waals surface area contributed by atoms with Gasteiger partial charge in [0.2, 0.25) is 0 Å². The van der Waals surface area contributed by atoms with Gasteiger partial charge in [-0.05, 0) is 6.92 Å². The van der Waals surface area contributed by atoms with Crippen molar-refractivity contribution in [1.29, 1.82) is 0 Å². The minimum Gasteiger partial charge on any atom is -0.353 e. The molecule has 1 saturated heterocycles. The fourth-order valence-corrected chi connectivity index (χ4v) is 2.33. The molecule has 1 aliphatic rings. The second kappa shape index (κ2) is 3.96. The number of aromatic nitrogens is 4. The Balaban J connectivity index is 2.04. The van der Waals surface area contributed by atoms with Crippen LogP contribution < -0.4 is 10.2 Å². The first kappa shape index (κ1) is 10.5. The van der Waals surface area contributed by atoms with Gasteiger partial charge in [0.1, 0.15) is 12.1 Å². The molecule has 2 aromatic rings. The van der Waals surface area contributed by atoms with Gasteiger partial charge in [0.25, 0.3) is 0 Å². The Morgan fingerprint density at radius 2 is 2.29 bits per heavy atom. The number of piperazine rings is 1. The Hall–Kier alpha value is -1.69. The summed E-state index contributed by atoms with van der Waals surface area (Å²) in [6, 6.07) is 0.491. The molecular formula is C11H16N6. The van der Waals surface area contributed by atoms with Gasteiger partial charge in [-0.3, -0.25) is 4.68 Å². The molecule has 2 aromatic heterocycles. The Kier molecular flexibility index (Phi) is 2.44. The summed E-state index contributed by atoms with van der Waals surface area (Å²) >= 11 is 0. The molecule has 1 atom stereocenters. The molecule has 6 nitrogen and oxygen atoms in total. The molecule has 3 rings (SSSR count). The molecule has 1 fully saturated rings. The van der Waals surface area contributed by atoms with Crippen LogP contribution in [0.15, 0.2) is 12.5 Å². The van der Waals surface area contributed by atoms with Gasteiger partial charge in [0.05, 0.1) is 11.6 Å². The second-order valence-electron chi connectivity index (χ2n) is 4.50. The van der Waals surface area contributed by atoms with Crippen LogP contribution in [-0.4, -0.2) is 45.4 Å². The molecular weight excluding hydrogens is 216 g/mol. The average molecular weight is 232 g/mol. The summed E-state index contributed by atoms with van der Waals surface area (Å²) < 4.78 is 1.78. The van der Waals surface area contributed by atoms with E-state index in [0.29, 0.717) is 6.04 Å². The Bertz CT molecular complexity index is 534. The maximum Gasteiger partial charge on any atom is 0.163 e. The fourth-order valence-electron chi connectivity index (χ4n) is 2.33. The zero-order valence-electron chi connectivity index (χ0n) is 10.1. The van der Waals surface area contributed by atoms with Crippen molar-refractivity contribution in [1.82, 2.24) is 25.1 Å². The van der Waals surface area contributed by atoms with E-state index in [4.69, 9.17) is 0 Å². The van der Waals surface area contributed by atoms with Crippen molar-refractivity contribution in [3.8, 4) is 0 Å². The van der Waals surface area contributed by atoms with Gasteiger partial charge < -0.3 is 10.2 Å². The monoisotopic (exact) mass is 232 g/mol. The lowest BCUT2D eigenvalue weighted by molar-refractivity contribution is 0.483. The molecule has 0 aliphatic carbocycles. The predicted octanol–water partition coefficient (Wildman–Crippen LogP) is 0.161. The number of anilines is 1. The maximum atomic E-state index is 4.41. The molecule has 0 spiro atoms. The van der Waals surface area contributed by atoms with Crippen molar-refractivity contribution in [3.63, 3.8) is 0 Å². The minimum absolute atomic E-state index is 0.491. The smallest absolute Gasteiger partial charge is 0.163 e. The number of nitrogens with zero attached hydrogens (tertiary/aromatic N) is 5. The molecule has 1 aliphatic heterocycles. The third kappa shape index (κ3) is 1.74. The number of aryl methyl sites for hydroxylation is 1. The van der Waals surface area contributed by atoms with Gasteiger partial charge in [-0.1, -0.05) is 0 Å². The second-order valence-corrected chi connectivity index (χ2v) is 4.50. The van der Waals surface area contributed by atoms with Gasteiger partial charge >= 0.3 is 0 Å². The molecule has 1 N–H and O–H groups in total. The average Bonchev–Trinajstić information content (AvgIpc) is 2.71. The zero-order valence-corrected chi connectivity index (χ0v) is 10.1. The zero-order chi connectivity index (χ0) is 11.8. The van der Waals surface area contributed by atoms with Gasteiger partial charge in [-0.15, -0.1) is 0 Å². The van der Waals surface area contributed by atoms with E-state index in [1.165, 1.54) is 0 Å². The van der Waals surface area contributed by atoms with Gasteiger partial charge in [0.15, 0.2) is 5.65 Å². The number of hydrogen-bond acceptors (Lipinski definition) is 5. The van der Waals surface area contributed by atoms with Crippen LogP contribution in [0.1, 0.15) is 6.92 Å². The summed E-state index contributed by atoms with van der Waals surface area (Å²) in [4.78, 5) is 11.0. The normalized spacial score (nSPS) is 21.1. The van der Waals surface area contributed by atoms with Crippen molar-refractivity contribution in [2.45, 2.75) is 13.0 Å². The molecule has 17 heavy (non-hydrogen) atoms. The highest BCUT2D eigenvalue weighted by atomic mass is 15.3. The van der Waals surface area contributed by atoms with Crippen LogP contribution in [0.3, 0.4) is 0 Å². The third-order valence-electron chi connectivity index (χ3n) is 3.18. The van der Waals surface area contributed by atoms with E-state index >= 15 is 0 Å². The van der Waals surface area contributed by atoms with E-state index in [2.05, 4.69) is 32.2 Å². The molecule has 0 aromatic carbocycles. The van der Waals surface area contributed by atoms with Gasteiger partial charge in [-0.2, -0.15) is 5.10 Å². The summed E-state index contributed by atoms with van der Waals surface area (Å²) in [6.07, 6.45) is 3.46. The van der Waals surface area contributed by atoms with E-state index in [9.17, 15) is 0 Å². The maximum absolute atomic E-state index is 4.41. The quantitative estimate of drug-likeness (QED) is 0.759.